The lowest BCUT2D eigenvalue weighted by molar-refractivity contribution is -0.124. The number of nitrogens with one attached hydrogen (secondary N) is 1. The van der Waals surface area contributed by atoms with E-state index in [1.807, 2.05) is 0 Å². The normalized spacial score (nSPS) is 18.6. The Morgan fingerprint density at radius 2 is 1.88 bits per heavy atom. The minimum Gasteiger partial charge on any atom is -0.307 e. The standard InChI is InChI=1S/C11H21F3N2/c1-2-16(10-5-3-4-6-10)8-7-15-9-11(12,13)14/h10,15H,2-9H2,1H3. The van der Waals surface area contributed by atoms with Gasteiger partial charge in [0.1, 0.15) is 0 Å². The third-order valence-electron chi connectivity index (χ3n) is 3.15. The maximum absolute atomic E-state index is 11.9. The van der Waals surface area contributed by atoms with E-state index in [4.69, 9.17) is 0 Å². The quantitative estimate of drug-likeness (QED) is 0.715. The molecular formula is C11H21F3N2. The Bertz CT molecular complexity index is 188. The molecule has 2 nitrogen and oxygen atoms in total. The number of hydrogen-bond donors (Lipinski definition) is 1. The molecule has 0 atom stereocenters. The molecule has 96 valence electrons. The van der Waals surface area contributed by atoms with E-state index in [9.17, 15) is 13.2 Å². The van der Waals surface area contributed by atoms with Gasteiger partial charge in [-0.25, -0.2) is 0 Å². The SMILES string of the molecule is CCN(CCNCC(F)(F)F)C1CCCC1. The van der Waals surface area contributed by atoms with Crippen LogP contribution in [-0.2, 0) is 0 Å². The lowest BCUT2D eigenvalue weighted by atomic mass is 10.2. The maximum atomic E-state index is 11.9. The van der Waals surface area contributed by atoms with Gasteiger partial charge in [0, 0.05) is 19.1 Å². The van der Waals surface area contributed by atoms with E-state index in [0.717, 1.165) is 13.1 Å². The van der Waals surface area contributed by atoms with Crippen LogP contribution in [0.15, 0.2) is 0 Å². The molecule has 1 aliphatic rings. The van der Waals surface area contributed by atoms with Crippen molar-refractivity contribution in [1.82, 2.24) is 10.2 Å². The van der Waals surface area contributed by atoms with Crippen LogP contribution in [0.5, 0.6) is 0 Å². The fraction of sp³-hybridized carbons (Fsp3) is 1.00. The van der Waals surface area contributed by atoms with Crippen molar-refractivity contribution in [3.05, 3.63) is 0 Å². The highest BCUT2D eigenvalue weighted by Gasteiger charge is 2.26. The van der Waals surface area contributed by atoms with Gasteiger partial charge in [-0.2, -0.15) is 13.2 Å². The summed E-state index contributed by atoms with van der Waals surface area (Å²) in [6, 6.07) is 0.595. The van der Waals surface area contributed by atoms with Crippen LogP contribution in [0.2, 0.25) is 0 Å². The Labute approximate surface area is 95.2 Å². The van der Waals surface area contributed by atoms with Gasteiger partial charge in [-0.05, 0) is 19.4 Å². The van der Waals surface area contributed by atoms with Crippen molar-refractivity contribution < 1.29 is 13.2 Å². The lowest BCUT2D eigenvalue weighted by Gasteiger charge is -2.27. The first kappa shape index (κ1) is 13.8. The molecule has 1 aliphatic carbocycles. The van der Waals surface area contributed by atoms with Gasteiger partial charge in [0.2, 0.25) is 0 Å². The zero-order chi connectivity index (χ0) is 12.0. The second kappa shape index (κ2) is 6.45. The van der Waals surface area contributed by atoms with Crippen LogP contribution in [0.1, 0.15) is 32.6 Å². The van der Waals surface area contributed by atoms with Crippen LogP contribution in [0.25, 0.3) is 0 Å². The molecule has 1 rings (SSSR count). The number of rotatable bonds is 6. The molecule has 16 heavy (non-hydrogen) atoms. The molecule has 0 aromatic carbocycles. The molecule has 0 bridgehead atoms. The van der Waals surface area contributed by atoms with E-state index >= 15 is 0 Å². The van der Waals surface area contributed by atoms with Crippen LogP contribution in [0.3, 0.4) is 0 Å². The highest BCUT2D eigenvalue weighted by atomic mass is 19.4. The molecule has 0 aliphatic heterocycles. The largest absolute Gasteiger partial charge is 0.401 e. The first-order valence-corrected chi connectivity index (χ1v) is 6.04. The van der Waals surface area contributed by atoms with Gasteiger partial charge < -0.3 is 5.32 Å². The monoisotopic (exact) mass is 238 g/mol. The first-order chi connectivity index (χ1) is 7.53. The van der Waals surface area contributed by atoms with E-state index in [-0.39, 0.29) is 0 Å². The van der Waals surface area contributed by atoms with Crippen molar-refractivity contribution in [3.63, 3.8) is 0 Å². The molecule has 1 N–H and O–H groups in total. The van der Waals surface area contributed by atoms with Gasteiger partial charge in [0.05, 0.1) is 6.54 Å². The Balaban J connectivity index is 2.14. The highest BCUT2D eigenvalue weighted by Crippen LogP contribution is 2.22. The molecule has 1 saturated carbocycles. The van der Waals surface area contributed by atoms with Gasteiger partial charge >= 0.3 is 6.18 Å². The van der Waals surface area contributed by atoms with Crippen molar-refractivity contribution in [1.29, 1.82) is 0 Å². The molecule has 0 radical (unpaired) electrons. The molecule has 0 heterocycles. The van der Waals surface area contributed by atoms with Crippen LogP contribution < -0.4 is 5.32 Å². The van der Waals surface area contributed by atoms with E-state index in [1.165, 1.54) is 25.7 Å². The Morgan fingerprint density at radius 3 is 2.38 bits per heavy atom. The van der Waals surface area contributed by atoms with Crippen molar-refractivity contribution in [2.24, 2.45) is 0 Å². The summed E-state index contributed by atoms with van der Waals surface area (Å²) in [6.07, 6.45) is 0.832. The first-order valence-electron chi connectivity index (χ1n) is 6.04. The maximum Gasteiger partial charge on any atom is 0.401 e. The van der Waals surface area contributed by atoms with E-state index < -0.39 is 12.7 Å². The van der Waals surface area contributed by atoms with Gasteiger partial charge in [-0.15, -0.1) is 0 Å². The van der Waals surface area contributed by atoms with Crippen LogP contribution in [-0.4, -0.2) is 43.3 Å². The summed E-state index contributed by atoms with van der Waals surface area (Å²) in [4.78, 5) is 2.29. The zero-order valence-corrected chi connectivity index (χ0v) is 9.82. The molecule has 1 fully saturated rings. The number of hydrogen-bond acceptors (Lipinski definition) is 2. The lowest BCUT2D eigenvalue weighted by Crippen LogP contribution is -2.40. The van der Waals surface area contributed by atoms with Crippen molar-refractivity contribution in [2.75, 3.05) is 26.2 Å². The van der Waals surface area contributed by atoms with Gasteiger partial charge in [0.25, 0.3) is 0 Å². The van der Waals surface area contributed by atoms with E-state index in [2.05, 4.69) is 17.1 Å². The summed E-state index contributed by atoms with van der Waals surface area (Å²) >= 11 is 0. The molecule has 0 amide bonds. The van der Waals surface area contributed by atoms with E-state index in [0.29, 0.717) is 12.6 Å². The summed E-state index contributed by atoms with van der Waals surface area (Å²) in [5, 5.41) is 2.45. The predicted octanol–water partition coefficient (Wildman–Crippen LogP) is 2.40. The summed E-state index contributed by atoms with van der Waals surface area (Å²) in [5.41, 5.74) is 0. The average molecular weight is 238 g/mol. The Kier molecular flexibility index (Phi) is 5.55. The number of likely N-dealkylation sites (N-methyl/N-ethyl adjacent to an activating group) is 1. The zero-order valence-electron chi connectivity index (χ0n) is 9.82. The molecular weight excluding hydrogens is 217 g/mol. The van der Waals surface area contributed by atoms with Gasteiger partial charge in [0.15, 0.2) is 0 Å². The molecule has 0 aromatic rings. The summed E-state index contributed by atoms with van der Waals surface area (Å²) in [5.74, 6) is 0. The second-order valence-electron chi connectivity index (χ2n) is 4.36. The Morgan fingerprint density at radius 1 is 1.25 bits per heavy atom. The van der Waals surface area contributed by atoms with Crippen LogP contribution in [0, 0.1) is 0 Å². The number of alkyl halides is 3. The van der Waals surface area contributed by atoms with Crippen molar-refractivity contribution in [2.45, 2.75) is 44.8 Å². The molecule has 0 unspecified atom stereocenters. The minimum atomic E-state index is -4.09. The summed E-state index contributed by atoms with van der Waals surface area (Å²) < 4.78 is 35.7. The molecule has 0 spiro atoms. The third-order valence-corrected chi connectivity index (χ3v) is 3.15. The molecule has 0 saturated heterocycles. The fourth-order valence-corrected chi connectivity index (χ4v) is 2.32. The van der Waals surface area contributed by atoms with Crippen molar-refractivity contribution in [3.8, 4) is 0 Å². The topological polar surface area (TPSA) is 15.3 Å². The second-order valence-corrected chi connectivity index (χ2v) is 4.36. The average Bonchev–Trinajstić information content (AvgIpc) is 2.69. The van der Waals surface area contributed by atoms with Crippen LogP contribution >= 0.6 is 0 Å². The Hall–Kier alpha value is -0.290. The highest BCUT2D eigenvalue weighted by molar-refractivity contribution is 4.77. The summed E-state index contributed by atoms with van der Waals surface area (Å²) in [6.45, 7) is 3.26. The van der Waals surface area contributed by atoms with Crippen molar-refractivity contribution >= 4 is 0 Å². The smallest absolute Gasteiger partial charge is 0.307 e. The third kappa shape index (κ3) is 5.16. The van der Waals surface area contributed by atoms with Crippen LogP contribution in [0.4, 0.5) is 13.2 Å². The van der Waals surface area contributed by atoms with E-state index in [1.54, 1.807) is 0 Å². The summed E-state index contributed by atoms with van der Waals surface area (Å²) in [7, 11) is 0. The van der Waals surface area contributed by atoms with Gasteiger partial charge in [-0.3, -0.25) is 4.90 Å². The number of halogens is 3. The predicted molar refractivity (Wildman–Crippen MR) is 58.4 cm³/mol. The number of nitrogens with zero attached hydrogens (tertiary/aromatic N) is 1. The molecule has 5 heteroatoms. The van der Waals surface area contributed by atoms with Gasteiger partial charge in [-0.1, -0.05) is 19.8 Å². The molecule has 0 aromatic heterocycles. The minimum absolute atomic E-state index is 0.420. The fourth-order valence-electron chi connectivity index (χ4n) is 2.32.